The Hall–Kier alpha value is -2.17. The number of pyridine rings is 1. The Labute approximate surface area is 113 Å². The van der Waals surface area contributed by atoms with Gasteiger partial charge in [-0.25, -0.2) is 9.97 Å². The molecule has 2 rings (SSSR count). The van der Waals surface area contributed by atoms with Gasteiger partial charge in [0.1, 0.15) is 5.75 Å². The maximum Gasteiger partial charge on any atom is 0.223 e. The summed E-state index contributed by atoms with van der Waals surface area (Å²) in [5.41, 5.74) is 1.76. The quantitative estimate of drug-likeness (QED) is 0.863. The Morgan fingerprint density at radius 3 is 2.95 bits per heavy atom. The van der Waals surface area contributed by atoms with E-state index in [9.17, 15) is 0 Å². The highest BCUT2D eigenvalue weighted by atomic mass is 16.5. The molecule has 0 amide bonds. The topological polar surface area (TPSA) is 59.9 Å². The lowest BCUT2D eigenvalue weighted by atomic mass is 10.2. The molecular weight excluding hydrogens is 240 g/mol. The molecule has 2 aromatic rings. The number of aromatic nitrogens is 3. The third kappa shape index (κ3) is 3.64. The smallest absolute Gasteiger partial charge is 0.223 e. The maximum absolute atomic E-state index is 5.57. The van der Waals surface area contributed by atoms with Crippen LogP contribution in [0.2, 0.25) is 0 Å². The van der Waals surface area contributed by atoms with Crippen LogP contribution in [-0.2, 0) is 0 Å². The molecule has 5 nitrogen and oxygen atoms in total. The van der Waals surface area contributed by atoms with Crippen molar-refractivity contribution in [1.29, 1.82) is 0 Å². The minimum atomic E-state index is 0.625. The molecule has 0 unspecified atom stereocenters. The lowest BCUT2D eigenvalue weighted by Crippen LogP contribution is -2.02. The number of hydrogen-bond acceptors (Lipinski definition) is 5. The van der Waals surface area contributed by atoms with Crippen LogP contribution < -0.4 is 10.1 Å². The van der Waals surface area contributed by atoms with Crippen molar-refractivity contribution in [2.24, 2.45) is 0 Å². The molecule has 5 heteroatoms. The van der Waals surface area contributed by atoms with Gasteiger partial charge in [0.25, 0.3) is 0 Å². The van der Waals surface area contributed by atoms with E-state index in [1.54, 1.807) is 18.6 Å². The van der Waals surface area contributed by atoms with E-state index in [-0.39, 0.29) is 0 Å². The fourth-order valence-electron chi connectivity index (χ4n) is 1.62. The molecule has 0 aliphatic rings. The van der Waals surface area contributed by atoms with Crippen molar-refractivity contribution >= 4 is 5.95 Å². The summed E-state index contributed by atoms with van der Waals surface area (Å²) in [7, 11) is 0. The van der Waals surface area contributed by atoms with Gasteiger partial charge in [0.15, 0.2) is 0 Å². The monoisotopic (exact) mass is 258 g/mol. The number of hydrogen-bond donors (Lipinski definition) is 1. The molecule has 19 heavy (non-hydrogen) atoms. The fraction of sp³-hybridized carbons (Fsp3) is 0.357. The second-order valence-corrected chi connectivity index (χ2v) is 4.05. The first kappa shape index (κ1) is 13.3. The summed E-state index contributed by atoms with van der Waals surface area (Å²) < 4.78 is 5.57. The molecule has 0 saturated carbocycles. The molecule has 0 aliphatic carbocycles. The average molecular weight is 258 g/mol. The first-order valence-electron chi connectivity index (χ1n) is 6.48. The first-order valence-corrected chi connectivity index (χ1v) is 6.48. The summed E-state index contributed by atoms with van der Waals surface area (Å²) in [4.78, 5) is 12.8. The van der Waals surface area contributed by atoms with Crippen molar-refractivity contribution in [3.05, 3.63) is 30.7 Å². The average Bonchev–Trinajstić information content (AvgIpc) is 2.46. The summed E-state index contributed by atoms with van der Waals surface area (Å²) in [6.07, 6.45) is 6.20. The van der Waals surface area contributed by atoms with Gasteiger partial charge in [0.2, 0.25) is 5.95 Å². The Morgan fingerprint density at radius 1 is 1.26 bits per heavy atom. The van der Waals surface area contributed by atoms with Gasteiger partial charge in [-0.2, -0.15) is 0 Å². The molecule has 2 aromatic heterocycles. The summed E-state index contributed by atoms with van der Waals surface area (Å²) >= 11 is 0. The Balaban J connectivity index is 2.23. The minimum absolute atomic E-state index is 0.625. The van der Waals surface area contributed by atoms with Gasteiger partial charge in [-0.1, -0.05) is 6.92 Å². The van der Waals surface area contributed by atoms with Crippen LogP contribution in [0.4, 0.5) is 5.95 Å². The van der Waals surface area contributed by atoms with Crippen LogP contribution >= 0.6 is 0 Å². The van der Waals surface area contributed by atoms with Crippen LogP contribution in [0.15, 0.2) is 30.7 Å². The van der Waals surface area contributed by atoms with E-state index in [0.29, 0.717) is 12.6 Å². The fourth-order valence-corrected chi connectivity index (χ4v) is 1.62. The Kier molecular flexibility index (Phi) is 4.66. The van der Waals surface area contributed by atoms with E-state index in [1.807, 2.05) is 19.1 Å². The molecule has 0 saturated heterocycles. The van der Waals surface area contributed by atoms with Crippen LogP contribution in [0.5, 0.6) is 5.75 Å². The molecular formula is C14H18N4O. The normalized spacial score (nSPS) is 10.2. The van der Waals surface area contributed by atoms with E-state index in [1.165, 1.54) is 0 Å². The molecule has 100 valence electrons. The third-order valence-corrected chi connectivity index (χ3v) is 2.47. The number of anilines is 1. The Morgan fingerprint density at radius 2 is 2.16 bits per heavy atom. The van der Waals surface area contributed by atoms with Crippen molar-refractivity contribution < 1.29 is 4.74 Å². The lowest BCUT2D eigenvalue weighted by Gasteiger charge is -2.07. The van der Waals surface area contributed by atoms with Gasteiger partial charge in [0.05, 0.1) is 18.5 Å². The molecule has 0 bridgehead atoms. The SMILES string of the molecule is CCCOc1cncc(-c2ccnc(NCC)n2)c1. The zero-order valence-electron chi connectivity index (χ0n) is 11.3. The number of nitrogens with one attached hydrogen (secondary N) is 1. The second-order valence-electron chi connectivity index (χ2n) is 4.05. The van der Waals surface area contributed by atoms with Gasteiger partial charge in [-0.3, -0.25) is 4.98 Å². The van der Waals surface area contributed by atoms with Crippen LogP contribution in [-0.4, -0.2) is 28.1 Å². The minimum Gasteiger partial charge on any atom is -0.492 e. The largest absolute Gasteiger partial charge is 0.492 e. The van der Waals surface area contributed by atoms with Gasteiger partial charge >= 0.3 is 0 Å². The lowest BCUT2D eigenvalue weighted by molar-refractivity contribution is 0.316. The van der Waals surface area contributed by atoms with Crippen molar-refractivity contribution in [3.63, 3.8) is 0 Å². The number of nitrogens with zero attached hydrogens (tertiary/aromatic N) is 3. The van der Waals surface area contributed by atoms with Crippen molar-refractivity contribution in [3.8, 4) is 17.0 Å². The Bertz CT molecular complexity index is 530. The zero-order valence-corrected chi connectivity index (χ0v) is 11.3. The predicted molar refractivity (Wildman–Crippen MR) is 75.2 cm³/mol. The van der Waals surface area contributed by atoms with Crippen molar-refractivity contribution in [2.45, 2.75) is 20.3 Å². The number of ether oxygens (including phenoxy) is 1. The van der Waals surface area contributed by atoms with Crippen LogP contribution in [0, 0.1) is 0 Å². The van der Waals surface area contributed by atoms with Gasteiger partial charge < -0.3 is 10.1 Å². The van der Waals surface area contributed by atoms with E-state index >= 15 is 0 Å². The zero-order chi connectivity index (χ0) is 13.5. The van der Waals surface area contributed by atoms with Gasteiger partial charge in [-0.15, -0.1) is 0 Å². The standard InChI is InChI=1S/C14H18N4O/c1-3-7-19-12-8-11(9-15-10-12)13-5-6-17-14(18-13)16-4-2/h5-6,8-10H,3-4,7H2,1-2H3,(H,16,17,18). The predicted octanol–water partition coefficient (Wildman–Crippen LogP) is 2.76. The third-order valence-electron chi connectivity index (χ3n) is 2.47. The van der Waals surface area contributed by atoms with E-state index < -0.39 is 0 Å². The van der Waals surface area contributed by atoms with Crippen LogP contribution in [0.1, 0.15) is 20.3 Å². The molecule has 0 fully saturated rings. The van der Waals surface area contributed by atoms with Crippen molar-refractivity contribution in [1.82, 2.24) is 15.0 Å². The summed E-state index contributed by atoms with van der Waals surface area (Å²) in [6.45, 7) is 5.57. The summed E-state index contributed by atoms with van der Waals surface area (Å²) in [5, 5.41) is 3.09. The highest BCUT2D eigenvalue weighted by Gasteiger charge is 2.04. The van der Waals surface area contributed by atoms with E-state index in [2.05, 4.69) is 27.2 Å². The van der Waals surface area contributed by atoms with E-state index in [4.69, 9.17) is 4.74 Å². The van der Waals surface area contributed by atoms with Crippen molar-refractivity contribution in [2.75, 3.05) is 18.5 Å². The van der Waals surface area contributed by atoms with Gasteiger partial charge in [-0.05, 0) is 25.5 Å². The molecule has 0 spiro atoms. The molecule has 1 N–H and O–H groups in total. The first-order chi connectivity index (χ1) is 9.33. The van der Waals surface area contributed by atoms with Crippen LogP contribution in [0.25, 0.3) is 11.3 Å². The van der Waals surface area contributed by atoms with Crippen LogP contribution in [0.3, 0.4) is 0 Å². The molecule has 0 aliphatic heterocycles. The highest BCUT2D eigenvalue weighted by molar-refractivity contribution is 5.60. The number of rotatable bonds is 6. The van der Waals surface area contributed by atoms with E-state index in [0.717, 1.165) is 30.0 Å². The maximum atomic E-state index is 5.57. The summed E-state index contributed by atoms with van der Waals surface area (Å²) in [6, 6.07) is 3.81. The van der Waals surface area contributed by atoms with Gasteiger partial charge in [0, 0.05) is 24.5 Å². The highest BCUT2D eigenvalue weighted by Crippen LogP contribution is 2.21. The summed E-state index contributed by atoms with van der Waals surface area (Å²) in [5.74, 6) is 1.39. The second kappa shape index (κ2) is 6.68. The molecule has 2 heterocycles. The molecule has 0 atom stereocenters. The molecule has 0 radical (unpaired) electrons. The molecule has 0 aromatic carbocycles.